The third-order valence-corrected chi connectivity index (χ3v) is 5.44. The summed E-state index contributed by atoms with van der Waals surface area (Å²) in [5.74, 6) is 0.0272. The zero-order valence-corrected chi connectivity index (χ0v) is 17.4. The summed E-state index contributed by atoms with van der Waals surface area (Å²) < 4.78 is 11.4. The molecule has 142 valence electrons. The molecule has 1 saturated heterocycles. The normalized spacial score (nSPS) is 15.2. The van der Waals surface area contributed by atoms with Crippen molar-refractivity contribution < 1.29 is 24.4 Å². The summed E-state index contributed by atoms with van der Waals surface area (Å²) >= 11 is 2.07. The molecular weight excluding hydrogens is 447 g/mol. The van der Waals surface area contributed by atoms with Gasteiger partial charge < -0.3 is 14.8 Å². The number of carbonyl (C=O) groups excluding carboxylic acids is 2. The molecule has 1 fully saturated rings. The van der Waals surface area contributed by atoms with E-state index < -0.39 is 11.7 Å². The highest BCUT2D eigenvalue weighted by Gasteiger charge is 2.35. The van der Waals surface area contributed by atoms with E-state index in [9.17, 15) is 9.59 Å². The van der Waals surface area contributed by atoms with E-state index in [2.05, 4.69) is 39.8 Å². The van der Waals surface area contributed by atoms with Crippen LogP contribution in [0.15, 0.2) is 30.9 Å². The van der Waals surface area contributed by atoms with Crippen molar-refractivity contribution in [1.29, 1.82) is 0 Å². The van der Waals surface area contributed by atoms with E-state index >= 15 is 0 Å². The first-order chi connectivity index (χ1) is 12.3. The van der Waals surface area contributed by atoms with Gasteiger partial charge in [0.25, 0.3) is 0 Å². The topological polar surface area (TPSA) is 81.2 Å². The van der Waals surface area contributed by atoms with Crippen LogP contribution in [0.4, 0.5) is 10.5 Å². The molecular formula is C19H26IN2O4+. The summed E-state index contributed by atoms with van der Waals surface area (Å²) in [4.78, 5) is 24.2. The van der Waals surface area contributed by atoms with Crippen molar-refractivity contribution >= 4 is 40.3 Å². The van der Waals surface area contributed by atoms with E-state index in [1.54, 1.807) is 18.2 Å². The average molecular weight is 473 g/mol. The lowest BCUT2D eigenvalue weighted by Crippen LogP contribution is -2.86. The second-order valence-corrected chi connectivity index (χ2v) is 8.00. The maximum Gasteiger partial charge on any atom is 0.411 e. The Labute approximate surface area is 167 Å². The number of nitrogens with two attached hydrogens (primary N) is 1. The molecule has 1 aromatic carbocycles. The first-order valence-electron chi connectivity index (χ1n) is 8.72. The van der Waals surface area contributed by atoms with Gasteiger partial charge in [0.05, 0.1) is 24.3 Å². The summed E-state index contributed by atoms with van der Waals surface area (Å²) in [5.41, 5.74) is 0.551. The monoisotopic (exact) mass is 473 g/mol. The molecule has 0 aliphatic carbocycles. The van der Waals surface area contributed by atoms with E-state index in [-0.39, 0.29) is 12.6 Å². The maximum atomic E-state index is 12.6. The number of anilines is 1. The van der Waals surface area contributed by atoms with Gasteiger partial charge in [0, 0.05) is 22.3 Å². The van der Waals surface area contributed by atoms with E-state index in [1.165, 1.54) is 6.08 Å². The molecule has 3 N–H and O–H groups in total. The fraction of sp³-hybridized carbons (Fsp3) is 0.474. The summed E-state index contributed by atoms with van der Waals surface area (Å²) in [6.07, 6.45) is 3.03. The Morgan fingerprint density at radius 3 is 2.69 bits per heavy atom. The molecule has 0 radical (unpaired) electrons. The minimum atomic E-state index is -0.562. The van der Waals surface area contributed by atoms with Crippen LogP contribution in [0.2, 0.25) is 0 Å². The van der Waals surface area contributed by atoms with Gasteiger partial charge in [-0.25, -0.2) is 9.59 Å². The van der Waals surface area contributed by atoms with Gasteiger partial charge in [0.15, 0.2) is 0 Å². The Hall–Kier alpha value is -1.61. The minimum Gasteiger partial charge on any atom is -0.456 e. The van der Waals surface area contributed by atoms with E-state index in [4.69, 9.17) is 9.47 Å². The SMILES string of the molecule is C=CCOC(=O)Nc1ccc(C(=O)OC(C)(C)C2CC[NH2+]CC2)cc1I. The van der Waals surface area contributed by atoms with Crippen LogP contribution in [0.25, 0.3) is 0 Å². The lowest BCUT2D eigenvalue weighted by molar-refractivity contribution is -0.665. The first-order valence-corrected chi connectivity index (χ1v) is 9.80. The molecule has 0 atom stereocenters. The van der Waals surface area contributed by atoms with Crippen LogP contribution in [0.3, 0.4) is 0 Å². The molecule has 1 aliphatic rings. The Bertz CT molecular complexity index is 670. The second kappa shape index (κ2) is 9.36. The minimum absolute atomic E-state index is 0.140. The number of hydrogen-bond donors (Lipinski definition) is 2. The predicted octanol–water partition coefficient (Wildman–Crippen LogP) is 2.93. The fourth-order valence-electron chi connectivity index (χ4n) is 3.03. The molecule has 0 bridgehead atoms. The number of ether oxygens (including phenoxy) is 2. The van der Waals surface area contributed by atoms with Crippen LogP contribution in [0.5, 0.6) is 0 Å². The molecule has 1 aliphatic heterocycles. The summed E-state index contributed by atoms with van der Waals surface area (Å²) in [5, 5.41) is 4.93. The largest absolute Gasteiger partial charge is 0.456 e. The molecule has 1 heterocycles. The molecule has 1 aromatic rings. The summed E-state index contributed by atoms with van der Waals surface area (Å²) in [6, 6.07) is 5.03. The lowest BCUT2D eigenvalue weighted by atomic mass is 9.83. The smallest absolute Gasteiger partial charge is 0.411 e. The van der Waals surface area contributed by atoms with E-state index in [0.717, 1.165) is 29.5 Å². The van der Waals surface area contributed by atoms with Crippen molar-refractivity contribution in [2.75, 3.05) is 25.0 Å². The number of halogens is 1. The standard InChI is InChI=1S/C19H25IN2O4/c1-4-11-25-18(24)22-16-6-5-13(12-15(16)20)17(23)26-19(2,3)14-7-9-21-10-8-14/h4-6,12,14,21H,1,7-11H2,2-3H3,(H,22,24)/p+1. The molecule has 0 spiro atoms. The Balaban J connectivity index is 2.01. The first kappa shape index (κ1) is 20.7. The Kier molecular flexibility index (Phi) is 7.45. The highest BCUT2D eigenvalue weighted by atomic mass is 127. The van der Waals surface area contributed by atoms with E-state index in [0.29, 0.717) is 17.2 Å². The van der Waals surface area contributed by atoms with E-state index in [1.807, 2.05) is 13.8 Å². The molecule has 7 heteroatoms. The van der Waals surface area contributed by atoms with Crippen LogP contribution in [-0.2, 0) is 9.47 Å². The number of hydrogen-bond acceptors (Lipinski definition) is 4. The van der Waals surface area contributed by atoms with Crippen molar-refractivity contribution in [2.24, 2.45) is 5.92 Å². The van der Waals surface area contributed by atoms with Crippen LogP contribution in [0, 0.1) is 9.49 Å². The molecule has 26 heavy (non-hydrogen) atoms. The number of benzene rings is 1. The summed E-state index contributed by atoms with van der Waals surface area (Å²) in [7, 11) is 0. The number of quaternary nitrogens is 1. The maximum absolute atomic E-state index is 12.6. The highest BCUT2D eigenvalue weighted by molar-refractivity contribution is 14.1. The van der Waals surface area contributed by atoms with Gasteiger partial charge in [-0.05, 0) is 54.6 Å². The van der Waals surface area contributed by atoms with Gasteiger partial charge in [-0.3, -0.25) is 5.32 Å². The Morgan fingerprint density at radius 1 is 1.38 bits per heavy atom. The molecule has 6 nitrogen and oxygen atoms in total. The van der Waals surface area contributed by atoms with Gasteiger partial charge in [-0.15, -0.1) is 0 Å². The van der Waals surface area contributed by atoms with Crippen LogP contribution in [0.1, 0.15) is 37.0 Å². The number of esters is 1. The molecule has 0 unspecified atom stereocenters. The zero-order valence-electron chi connectivity index (χ0n) is 15.2. The third kappa shape index (κ3) is 5.70. The van der Waals surface area contributed by atoms with Crippen LogP contribution < -0.4 is 10.6 Å². The lowest BCUT2D eigenvalue weighted by Gasteiger charge is -2.35. The Morgan fingerprint density at radius 2 is 2.08 bits per heavy atom. The third-order valence-electron chi connectivity index (χ3n) is 4.55. The molecule has 0 aromatic heterocycles. The molecule has 1 amide bonds. The number of amides is 1. The van der Waals surface area contributed by atoms with Crippen LogP contribution in [-0.4, -0.2) is 37.4 Å². The highest BCUT2D eigenvalue weighted by Crippen LogP contribution is 2.29. The average Bonchev–Trinajstić information content (AvgIpc) is 2.62. The number of carbonyl (C=O) groups is 2. The van der Waals surface area contributed by atoms with Crippen molar-refractivity contribution in [3.63, 3.8) is 0 Å². The molecule has 2 rings (SSSR count). The fourth-order valence-corrected chi connectivity index (χ4v) is 3.68. The van der Waals surface area contributed by atoms with Crippen molar-refractivity contribution in [3.8, 4) is 0 Å². The van der Waals surface area contributed by atoms with Gasteiger partial charge in [0.2, 0.25) is 0 Å². The van der Waals surface area contributed by atoms with Crippen molar-refractivity contribution in [2.45, 2.75) is 32.3 Å². The quantitative estimate of drug-likeness (QED) is 0.378. The second-order valence-electron chi connectivity index (χ2n) is 6.84. The number of piperidine rings is 1. The van der Waals surface area contributed by atoms with Gasteiger partial charge in [-0.1, -0.05) is 12.7 Å². The number of nitrogens with one attached hydrogen (secondary N) is 1. The predicted molar refractivity (Wildman–Crippen MR) is 108 cm³/mol. The van der Waals surface area contributed by atoms with Crippen molar-refractivity contribution in [1.82, 2.24) is 0 Å². The van der Waals surface area contributed by atoms with Crippen LogP contribution >= 0.6 is 22.6 Å². The van der Waals surface area contributed by atoms with Gasteiger partial charge in [0.1, 0.15) is 12.2 Å². The zero-order chi connectivity index (χ0) is 19.2. The number of rotatable bonds is 6. The van der Waals surface area contributed by atoms with Crippen molar-refractivity contribution in [3.05, 3.63) is 40.0 Å². The van der Waals surface area contributed by atoms with Gasteiger partial charge >= 0.3 is 12.1 Å². The van der Waals surface area contributed by atoms with Gasteiger partial charge in [-0.2, -0.15) is 0 Å². The molecule has 0 saturated carbocycles. The summed E-state index contributed by atoms with van der Waals surface area (Å²) in [6.45, 7) is 9.75.